The Labute approximate surface area is 331 Å². The maximum absolute atomic E-state index is 12.9. The van der Waals surface area contributed by atoms with Crippen LogP contribution in [0.1, 0.15) is 169 Å². The second kappa shape index (κ2) is 18.5. The number of carbonyl (C=O) groups is 1. The first-order valence-corrected chi connectivity index (χ1v) is 22.4. The molecule has 0 aliphatic heterocycles. The number of unbranched alkanes of at least 4 members (excludes halogenated alkanes) is 8. The van der Waals surface area contributed by atoms with Gasteiger partial charge in [0.25, 0.3) is 0 Å². The fourth-order valence-electron chi connectivity index (χ4n) is 12.3. The van der Waals surface area contributed by atoms with E-state index in [9.17, 15) is 14.9 Å². The highest BCUT2D eigenvalue weighted by Crippen LogP contribution is 2.67. The van der Waals surface area contributed by atoms with Crippen molar-refractivity contribution < 1.29 is 19.1 Å². The van der Waals surface area contributed by atoms with E-state index in [1.165, 1.54) is 96.0 Å². The average Bonchev–Trinajstić information content (AvgIpc) is 3.78. The molecule has 1 aromatic heterocycles. The van der Waals surface area contributed by atoms with E-state index in [0.717, 1.165) is 86.3 Å². The molecule has 0 radical (unpaired) electrons. The Morgan fingerprint density at radius 3 is 2.35 bits per heavy atom. The molecule has 0 amide bonds. The number of aromatic nitrogens is 2. The minimum absolute atomic E-state index is 0.00933. The summed E-state index contributed by atoms with van der Waals surface area (Å²) >= 11 is 0. The van der Waals surface area contributed by atoms with Gasteiger partial charge in [0.2, 0.25) is 5.52 Å². The number of hydrogen-bond donors (Lipinski definition) is 0. The van der Waals surface area contributed by atoms with Crippen LogP contribution in [0.3, 0.4) is 0 Å². The van der Waals surface area contributed by atoms with Crippen LogP contribution in [0.15, 0.2) is 28.4 Å². The maximum atomic E-state index is 12.9. The lowest BCUT2D eigenvalue weighted by Gasteiger charge is -2.58. The van der Waals surface area contributed by atoms with Gasteiger partial charge in [-0.15, -0.1) is 0 Å². The molecule has 3 fully saturated rings. The third kappa shape index (κ3) is 9.43. The van der Waals surface area contributed by atoms with Gasteiger partial charge >= 0.3 is 11.7 Å². The smallest absolute Gasteiger partial charge is 0.306 e. The van der Waals surface area contributed by atoms with Crippen LogP contribution >= 0.6 is 0 Å². The average molecular weight is 761 g/mol. The van der Waals surface area contributed by atoms with E-state index in [4.69, 9.17) is 9.37 Å². The first-order valence-electron chi connectivity index (χ1n) is 22.4. The maximum Gasteiger partial charge on any atom is 0.306 e. The summed E-state index contributed by atoms with van der Waals surface area (Å²) in [6.07, 6.45) is 27.7. The molecule has 4 aliphatic rings. The van der Waals surface area contributed by atoms with E-state index >= 15 is 0 Å². The number of hydrogen-bond acceptors (Lipinski definition) is 8. The minimum Gasteiger partial charge on any atom is -0.462 e. The molecule has 0 unspecified atom stereocenters. The summed E-state index contributed by atoms with van der Waals surface area (Å²) < 4.78 is 10.9. The van der Waals surface area contributed by atoms with Crippen molar-refractivity contribution >= 4 is 28.4 Å². The van der Waals surface area contributed by atoms with Gasteiger partial charge in [0.1, 0.15) is 6.10 Å². The summed E-state index contributed by atoms with van der Waals surface area (Å²) in [5.41, 5.74) is 3.77. The summed E-state index contributed by atoms with van der Waals surface area (Å²) in [6, 6.07) is 3.19. The Balaban J connectivity index is 0.832. The lowest BCUT2D eigenvalue weighted by molar-refractivity contribution is -0.383. The number of nitro benzene ring substituents is 1. The van der Waals surface area contributed by atoms with E-state index < -0.39 is 4.92 Å². The van der Waals surface area contributed by atoms with Gasteiger partial charge in [-0.25, -0.2) is 4.63 Å². The summed E-state index contributed by atoms with van der Waals surface area (Å²) in [6.45, 7) is 13.4. The molecule has 4 aliphatic carbocycles. The molecule has 8 atom stereocenters. The first kappa shape index (κ1) is 41.7. The number of fused-ring (bicyclic) bond motifs is 6. The Morgan fingerprint density at radius 2 is 1.62 bits per heavy atom. The van der Waals surface area contributed by atoms with Crippen molar-refractivity contribution in [3.63, 3.8) is 0 Å². The molecule has 55 heavy (non-hydrogen) atoms. The number of ether oxygens (including phenoxy) is 1. The molecule has 0 saturated heterocycles. The predicted molar refractivity (Wildman–Crippen MR) is 221 cm³/mol. The molecular formula is C46H72N4O5. The number of carbonyl (C=O) groups excluding carboxylic acids is 1. The zero-order valence-corrected chi connectivity index (χ0v) is 35.2. The van der Waals surface area contributed by atoms with Crippen molar-refractivity contribution in [2.45, 2.75) is 176 Å². The fourth-order valence-corrected chi connectivity index (χ4v) is 12.3. The SMILES string of the molecule is CC(C)CCC[C@@H](C)[C@H]1CC[C@H]2[C@@H]3CC=C4C[C@@H](OC(=O)CCCCCCCCCCCN(C)c5ccc([N+](=O)[O-])c6nonc56)CC[C@]4(C)[C@H]3CC[C@]12C. The van der Waals surface area contributed by atoms with Crippen LogP contribution in [0.5, 0.6) is 0 Å². The van der Waals surface area contributed by atoms with Crippen LogP contribution in [-0.2, 0) is 9.53 Å². The molecule has 6 rings (SSSR count). The van der Waals surface area contributed by atoms with E-state index in [1.54, 1.807) is 11.6 Å². The van der Waals surface area contributed by atoms with Crippen molar-refractivity contribution in [1.29, 1.82) is 0 Å². The standard InChI is InChI=1S/C46H72N4O5/c1-32(2)17-16-18-33(3)37-22-23-38-36-21-20-34-31-35(26-28-45(34,4)39(36)27-29-46(37,38)5)54-42(51)19-14-12-10-8-7-9-11-13-15-30-49(6)40-24-25-41(50(52)53)44-43(40)47-55-48-44/h20,24-25,32-33,35-39H,7-19,21-23,26-31H2,1-6H3/t33-,35+,36+,37-,38+,39+,45+,46-/m1/s1. The van der Waals surface area contributed by atoms with Gasteiger partial charge in [0, 0.05) is 32.5 Å². The zero-order chi connectivity index (χ0) is 39.2. The van der Waals surface area contributed by atoms with Gasteiger partial charge < -0.3 is 9.64 Å². The number of benzene rings is 1. The van der Waals surface area contributed by atoms with Gasteiger partial charge in [0.15, 0.2) is 5.52 Å². The lowest BCUT2D eigenvalue weighted by Crippen LogP contribution is -2.51. The van der Waals surface area contributed by atoms with E-state index in [2.05, 4.69) is 55.9 Å². The quantitative estimate of drug-likeness (QED) is 0.0431. The van der Waals surface area contributed by atoms with Gasteiger partial charge in [-0.3, -0.25) is 14.9 Å². The molecule has 306 valence electrons. The van der Waals surface area contributed by atoms with Crippen molar-refractivity contribution in [3.8, 4) is 0 Å². The van der Waals surface area contributed by atoms with E-state index in [1.807, 2.05) is 7.05 Å². The molecule has 9 heteroatoms. The van der Waals surface area contributed by atoms with Crippen molar-refractivity contribution in [2.75, 3.05) is 18.5 Å². The van der Waals surface area contributed by atoms with E-state index in [-0.39, 0.29) is 23.3 Å². The second-order valence-electron chi connectivity index (χ2n) is 19.3. The second-order valence-corrected chi connectivity index (χ2v) is 19.3. The highest BCUT2D eigenvalue weighted by molar-refractivity contribution is 5.93. The molecule has 0 bridgehead atoms. The number of rotatable bonds is 20. The van der Waals surface area contributed by atoms with Gasteiger partial charge in [-0.2, -0.15) is 0 Å². The molecule has 0 N–H and O–H groups in total. The van der Waals surface area contributed by atoms with Gasteiger partial charge in [-0.05, 0) is 121 Å². The Bertz CT molecular complexity index is 1620. The highest BCUT2D eigenvalue weighted by Gasteiger charge is 2.59. The molecule has 9 nitrogen and oxygen atoms in total. The highest BCUT2D eigenvalue weighted by atomic mass is 16.6. The monoisotopic (exact) mass is 761 g/mol. The number of non-ortho nitro benzene ring substituents is 1. The van der Waals surface area contributed by atoms with Crippen molar-refractivity contribution in [3.05, 3.63) is 33.9 Å². The number of nitrogens with zero attached hydrogens (tertiary/aromatic N) is 4. The number of anilines is 1. The van der Waals surface area contributed by atoms with Crippen molar-refractivity contribution in [2.24, 2.45) is 46.3 Å². The minimum atomic E-state index is -0.458. The number of esters is 1. The molecule has 0 spiro atoms. The predicted octanol–water partition coefficient (Wildman–Crippen LogP) is 12.4. The van der Waals surface area contributed by atoms with Crippen molar-refractivity contribution in [1.82, 2.24) is 10.3 Å². The first-order chi connectivity index (χ1) is 26.4. The summed E-state index contributed by atoms with van der Waals surface area (Å²) in [5, 5.41) is 18.9. The van der Waals surface area contributed by atoms with Crippen LogP contribution in [0.2, 0.25) is 0 Å². The van der Waals surface area contributed by atoms with Crippen LogP contribution in [-0.4, -0.2) is 40.9 Å². The third-order valence-electron chi connectivity index (χ3n) is 15.4. The topological polar surface area (TPSA) is 112 Å². The lowest BCUT2D eigenvalue weighted by atomic mass is 9.47. The fraction of sp³-hybridized carbons (Fsp3) is 0.804. The molecule has 1 heterocycles. The summed E-state index contributed by atoms with van der Waals surface area (Å²) in [5.74, 6) is 5.12. The summed E-state index contributed by atoms with van der Waals surface area (Å²) in [4.78, 5) is 25.8. The number of allylic oxidation sites excluding steroid dienone is 1. The Morgan fingerprint density at radius 1 is 0.909 bits per heavy atom. The molecular weight excluding hydrogens is 689 g/mol. The van der Waals surface area contributed by atoms with Gasteiger partial charge in [-0.1, -0.05) is 110 Å². The Hall–Kier alpha value is -2.97. The largest absolute Gasteiger partial charge is 0.462 e. The van der Waals surface area contributed by atoms with Crippen LogP contribution in [0, 0.1) is 56.5 Å². The zero-order valence-electron chi connectivity index (χ0n) is 35.2. The molecule has 2 aromatic rings. The molecule has 1 aromatic carbocycles. The van der Waals surface area contributed by atoms with Crippen LogP contribution in [0.4, 0.5) is 11.4 Å². The third-order valence-corrected chi connectivity index (χ3v) is 15.4. The Kier molecular flexibility index (Phi) is 14.0. The van der Waals surface area contributed by atoms with E-state index in [0.29, 0.717) is 22.8 Å². The molecule has 3 saturated carbocycles. The van der Waals surface area contributed by atoms with Gasteiger partial charge in [0.05, 0.1) is 10.6 Å². The normalized spacial score (nSPS) is 29.4. The summed E-state index contributed by atoms with van der Waals surface area (Å²) in [7, 11) is 1.98. The van der Waals surface area contributed by atoms with Crippen LogP contribution < -0.4 is 4.90 Å². The van der Waals surface area contributed by atoms with Crippen LogP contribution in [0.25, 0.3) is 11.0 Å². The number of nitro groups is 1.